The van der Waals surface area contributed by atoms with Crippen LogP contribution in [0, 0.1) is 18.3 Å². The van der Waals surface area contributed by atoms with Crippen molar-refractivity contribution in [2.24, 2.45) is 11.3 Å². The number of aryl methyl sites for hydroxylation is 1. The Kier molecular flexibility index (Phi) is 4.62. The largest absolute Gasteiger partial charge is 0.316 e. The lowest BCUT2D eigenvalue weighted by Gasteiger charge is -2.43. The summed E-state index contributed by atoms with van der Waals surface area (Å²) in [6.45, 7) is 6.96. The summed E-state index contributed by atoms with van der Waals surface area (Å²) in [6.07, 6.45) is 8.51. The van der Waals surface area contributed by atoms with Gasteiger partial charge in [-0.1, -0.05) is 32.8 Å². The number of hydrogen-bond acceptors (Lipinski definition) is 2. The van der Waals surface area contributed by atoms with E-state index in [2.05, 4.69) is 50.3 Å². The fourth-order valence-corrected chi connectivity index (χ4v) is 3.56. The van der Waals surface area contributed by atoms with E-state index in [1.165, 1.54) is 36.9 Å². The first-order valence-corrected chi connectivity index (χ1v) is 7.62. The Morgan fingerprint density at radius 2 is 2.16 bits per heavy atom. The second-order valence-corrected chi connectivity index (χ2v) is 6.77. The van der Waals surface area contributed by atoms with E-state index in [1.807, 2.05) is 6.20 Å². The zero-order valence-electron chi connectivity index (χ0n) is 12.9. The number of nitrogens with zero attached hydrogens (tertiary/aromatic N) is 1. The van der Waals surface area contributed by atoms with Crippen molar-refractivity contribution in [3.05, 3.63) is 29.6 Å². The molecule has 2 atom stereocenters. The number of nitrogens with one attached hydrogen (secondary N) is 1. The van der Waals surface area contributed by atoms with Gasteiger partial charge in [0, 0.05) is 24.4 Å². The summed E-state index contributed by atoms with van der Waals surface area (Å²) in [5.74, 6) is 0.759. The molecule has 19 heavy (non-hydrogen) atoms. The monoisotopic (exact) mass is 260 g/mol. The SMILES string of the molecule is CNC(Cc1ccc(C)cn1)C1CCCCC1(C)C. The van der Waals surface area contributed by atoms with Crippen LogP contribution in [0.5, 0.6) is 0 Å². The molecule has 106 valence electrons. The summed E-state index contributed by atoms with van der Waals surface area (Å²) >= 11 is 0. The second kappa shape index (κ2) is 6.04. The Morgan fingerprint density at radius 3 is 2.74 bits per heavy atom. The maximum Gasteiger partial charge on any atom is 0.0419 e. The molecule has 1 aromatic heterocycles. The van der Waals surface area contributed by atoms with E-state index in [-0.39, 0.29) is 0 Å². The number of likely N-dealkylation sites (N-methyl/N-ethyl adjacent to an activating group) is 1. The molecule has 2 heteroatoms. The third-order valence-electron chi connectivity index (χ3n) is 4.85. The molecule has 0 saturated heterocycles. The molecular weight excluding hydrogens is 232 g/mol. The van der Waals surface area contributed by atoms with Crippen molar-refractivity contribution in [2.75, 3.05) is 7.05 Å². The number of pyridine rings is 1. The zero-order chi connectivity index (χ0) is 13.9. The van der Waals surface area contributed by atoms with Crippen molar-refractivity contribution in [3.63, 3.8) is 0 Å². The smallest absolute Gasteiger partial charge is 0.0419 e. The van der Waals surface area contributed by atoms with Crippen LogP contribution in [-0.2, 0) is 6.42 Å². The molecule has 1 N–H and O–H groups in total. The van der Waals surface area contributed by atoms with Gasteiger partial charge in [-0.15, -0.1) is 0 Å². The van der Waals surface area contributed by atoms with Crippen LogP contribution in [0.1, 0.15) is 50.8 Å². The zero-order valence-corrected chi connectivity index (χ0v) is 12.9. The van der Waals surface area contributed by atoms with Crippen LogP contribution in [0.4, 0.5) is 0 Å². The molecule has 0 spiro atoms. The maximum absolute atomic E-state index is 4.57. The summed E-state index contributed by atoms with van der Waals surface area (Å²) in [6, 6.07) is 4.89. The van der Waals surface area contributed by atoms with E-state index in [9.17, 15) is 0 Å². The minimum Gasteiger partial charge on any atom is -0.316 e. The van der Waals surface area contributed by atoms with E-state index >= 15 is 0 Å². The number of aromatic nitrogens is 1. The normalized spacial score (nSPS) is 24.1. The summed E-state index contributed by atoms with van der Waals surface area (Å²) in [7, 11) is 2.10. The molecule has 0 aliphatic heterocycles. The molecule has 0 aromatic carbocycles. The lowest BCUT2D eigenvalue weighted by molar-refractivity contribution is 0.101. The van der Waals surface area contributed by atoms with E-state index in [0.29, 0.717) is 11.5 Å². The van der Waals surface area contributed by atoms with E-state index in [0.717, 1.165) is 12.3 Å². The quantitative estimate of drug-likeness (QED) is 0.892. The van der Waals surface area contributed by atoms with Gasteiger partial charge in [0.25, 0.3) is 0 Å². The molecule has 2 rings (SSSR count). The predicted molar refractivity (Wildman–Crippen MR) is 81.3 cm³/mol. The summed E-state index contributed by atoms with van der Waals surface area (Å²) in [5, 5.41) is 3.55. The minimum atomic E-state index is 0.455. The van der Waals surface area contributed by atoms with Crippen molar-refractivity contribution >= 4 is 0 Å². The Hall–Kier alpha value is -0.890. The summed E-state index contributed by atoms with van der Waals surface area (Å²) in [5.41, 5.74) is 2.91. The predicted octanol–water partition coefficient (Wildman–Crippen LogP) is 3.74. The van der Waals surface area contributed by atoms with Crippen molar-refractivity contribution in [1.29, 1.82) is 0 Å². The van der Waals surface area contributed by atoms with Gasteiger partial charge in [0.05, 0.1) is 0 Å². The van der Waals surface area contributed by atoms with E-state index in [1.54, 1.807) is 0 Å². The van der Waals surface area contributed by atoms with Gasteiger partial charge < -0.3 is 5.32 Å². The van der Waals surface area contributed by atoms with Gasteiger partial charge in [0.15, 0.2) is 0 Å². The van der Waals surface area contributed by atoms with Crippen LogP contribution in [0.2, 0.25) is 0 Å². The highest BCUT2D eigenvalue weighted by Crippen LogP contribution is 2.42. The average Bonchev–Trinajstić information content (AvgIpc) is 2.38. The van der Waals surface area contributed by atoms with Gasteiger partial charge in [-0.2, -0.15) is 0 Å². The lowest BCUT2D eigenvalue weighted by atomic mass is 9.65. The molecular formula is C17H28N2. The fraction of sp³-hybridized carbons (Fsp3) is 0.706. The number of rotatable bonds is 4. The minimum absolute atomic E-state index is 0.455. The number of hydrogen-bond donors (Lipinski definition) is 1. The first kappa shape index (κ1) is 14.5. The Labute approximate surface area is 118 Å². The second-order valence-electron chi connectivity index (χ2n) is 6.77. The summed E-state index contributed by atoms with van der Waals surface area (Å²) in [4.78, 5) is 4.57. The summed E-state index contributed by atoms with van der Waals surface area (Å²) < 4.78 is 0. The molecule has 1 aromatic rings. The van der Waals surface area contributed by atoms with Gasteiger partial charge in [0.2, 0.25) is 0 Å². The Morgan fingerprint density at radius 1 is 1.37 bits per heavy atom. The van der Waals surface area contributed by atoms with Crippen LogP contribution in [0.25, 0.3) is 0 Å². The van der Waals surface area contributed by atoms with Gasteiger partial charge >= 0.3 is 0 Å². The first-order valence-electron chi connectivity index (χ1n) is 7.62. The highest BCUT2D eigenvalue weighted by atomic mass is 14.9. The third kappa shape index (κ3) is 3.56. The fourth-order valence-electron chi connectivity index (χ4n) is 3.56. The molecule has 1 saturated carbocycles. The van der Waals surface area contributed by atoms with Gasteiger partial charge in [-0.3, -0.25) is 4.98 Å². The molecule has 1 fully saturated rings. The van der Waals surface area contributed by atoms with Crippen LogP contribution < -0.4 is 5.32 Å². The van der Waals surface area contributed by atoms with Gasteiger partial charge in [-0.05, 0) is 49.8 Å². The van der Waals surface area contributed by atoms with Gasteiger partial charge in [-0.25, -0.2) is 0 Å². The topological polar surface area (TPSA) is 24.9 Å². The highest BCUT2D eigenvalue weighted by molar-refractivity contribution is 5.13. The van der Waals surface area contributed by atoms with Crippen molar-refractivity contribution in [3.8, 4) is 0 Å². The first-order chi connectivity index (χ1) is 9.03. The molecule has 0 amide bonds. The van der Waals surface area contributed by atoms with E-state index in [4.69, 9.17) is 0 Å². The molecule has 1 aliphatic carbocycles. The molecule has 2 unspecified atom stereocenters. The Balaban J connectivity index is 2.08. The molecule has 1 aliphatic rings. The van der Waals surface area contributed by atoms with Crippen LogP contribution in [0.15, 0.2) is 18.3 Å². The standard InChI is InChI=1S/C17H28N2/c1-13-8-9-14(19-12-13)11-16(18-4)15-7-5-6-10-17(15,2)3/h8-9,12,15-16,18H,5-7,10-11H2,1-4H3. The van der Waals surface area contributed by atoms with Crippen molar-refractivity contribution in [1.82, 2.24) is 10.3 Å². The molecule has 1 heterocycles. The van der Waals surface area contributed by atoms with Crippen molar-refractivity contribution < 1.29 is 0 Å². The van der Waals surface area contributed by atoms with Crippen LogP contribution >= 0.6 is 0 Å². The van der Waals surface area contributed by atoms with Crippen LogP contribution in [0.3, 0.4) is 0 Å². The molecule has 0 radical (unpaired) electrons. The van der Waals surface area contributed by atoms with E-state index < -0.39 is 0 Å². The van der Waals surface area contributed by atoms with Crippen LogP contribution in [-0.4, -0.2) is 18.1 Å². The highest BCUT2D eigenvalue weighted by Gasteiger charge is 2.36. The average molecular weight is 260 g/mol. The lowest BCUT2D eigenvalue weighted by Crippen LogP contribution is -2.44. The van der Waals surface area contributed by atoms with Gasteiger partial charge in [0.1, 0.15) is 0 Å². The molecule has 0 bridgehead atoms. The van der Waals surface area contributed by atoms with Crippen molar-refractivity contribution in [2.45, 2.75) is 58.9 Å². The molecule has 2 nitrogen and oxygen atoms in total. The maximum atomic E-state index is 4.57. The Bertz CT molecular complexity index is 394. The third-order valence-corrected chi connectivity index (χ3v) is 4.85.